The van der Waals surface area contributed by atoms with Crippen LogP contribution in [-0.4, -0.2) is 4.57 Å². The SMILES string of the molecule is c1ccc(-c2ccc(N(c3ccc(-c4ccccc4)cc3)c3ccc(-c4ccc(-c5ccc6c7c8ccc9cccc%10ccc(cc7n(-c7ccccc7)c6c5)c8c%109)cc4)cc3)cc2)cc1. The van der Waals surface area contributed by atoms with Crippen LogP contribution in [0.1, 0.15) is 0 Å². The van der Waals surface area contributed by atoms with Crippen molar-refractivity contribution < 1.29 is 0 Å². The summed E-state index contributed by atoms with van der Waals surface area (Å²) in [6, 6.07) is 93.0. The summed E-state index contributed by atoms with van der Waals surface area (Å²) in [4.78, 5) is 2.34. The Labute approximate surface area is 383 Å². The van der Waals surface area contributed by atoms with Gasteiger partial charge in [-0.1, -0.05) is 194 Å². The monoisotopic (exact) mass is 838 g/mol. The standard InChI is InChI=1S/C64H42N2/c1-4-11-43(12-5-1)46-25-33-55(34-26-46)65(56-35-27-47(28-36-56)44-13-6-2-7-14-44)57-37-29-48(30-38-57)45-19-21-49(22-20-45)52-32-39-58-60(41-52)66(54-17-8-3-9-18-54)61-42-53-24-23-50-15-10-16-51-31-40-59(64(58)61)63(53)62(50)51/h1-42H. The fourth-order valence-electron chi connectivity index (χ4n) is 10.3. The molecule has 0 aliphatic rings. The van der Waals surface area contributed by atoms with Crippen molar-refractivity contribution in [3.8, 4) is 50.2 Å². The molecule has 0 N–H and O–H groups in total. The Morgan fingerprint density at radius 3 is 1.18 bits per heavy atom. The average Bonchev–Trinajstić information content (AvgIpc) is 3.73. The van der Waals surface area contributed by atoms with Crippen LogP contribution in [0.25, 0.3) is 104 Å². The molecule has 0 saturated carbocycles. The summed E-state index contributed by atoms with van der Waals surface area (Å²) in [6.45, 7) is 0. The second-order valence-corrected chi connectivity index (χ2v) is 17.3. The molecule has 0 saturated heterocycles. The van der Waals surface area contributed by atoms with Gasteiger partial charge in [0.25, 0.3) is 0 Å². The summed E-state index contributed by atoms with van der Waals surface area (Å²) in [7, 11) is 0. The Balaban J connectivity index is 0.858. The van der Waals surface area contributed by atoms with Crippen molar-refractivity contribution in [1.82, 2.24) is 4.57 Å². The number of anilines is 3. The minimum absolute atomic E-state index is 1.10. The number of nitrogens with zero attached hydrogens (tertiary/aromatic N) is 2. The van der Waals surface area contributed by atoms with E-state index in [2.05, 4.69) is 264 Å². The summed E-state index contributed by atoms with van der Waals surface area (Å²) in [5, 5.41) is 10.4. The molecule has 308 valence electrons. The molecular formula is C64H42N2. The molecule has 13 aromatic rings. The minimum atomic E-state index is 1.10. The summed E-state index contributed by atoms with van der Waals surface area (Å²) in [5.41, 5.74) is 16.5. The van der Waals surface area contributed by atoms with Gasteiger partial charge in [-0.25, -0.2) is 0 Å². The summed E-state index contributed by atoms with van der Waals surface area (Å²) in [5.74, 6) is 0. The second kappa shape index (κ2) is 15.5. The Bertz CT molecular complexity index is 3760. The van der Waals surface area contributed by atoms with E-state index in [1.165, 1.54) is 98.6 Å². The molecule has 0 bridgehead atoms. The largest absolute Gasteiger partial charge is 0.311 e. The number of hydrogen-bond acceptors (Lipinski definition) is 1. The van der Waals surface area contributed by atoms with Gasteiger partial charge in [-0.3, -0.25) is 0 Å². The van der Waals surface area contributed by atoms with E-state index in [0.29, 0.717) is 0 Å². The van der Waals surface area contributed by atoms with Crippen LogP contribution in [-0.2, 0) is 0 Å². The van der Waals surface area contributed by atoms with E-state index >= 15 is 0 Å². The highest BCUT2D eigenvalue weighted by atomic mass is 15.1. The van der Waals surface area contributed by atoms with Gasteiger partial charge in [-0.2, -0.15) is 0 Å². The van der Waals surface area contributed by atoms with Crippen LogP contribution in [0, 0.1) is 0 Å². The minimum Gasteiger partial charge on any atom is -0.311 e. The Morgan fingerprint density at radius 1 is 0.242 bits per heavy atom. The Kier molecular flexibility index (Phi) is 8.89. The number of fused-ring (bicyclic) bond motifs is 4. The van der Waals surface area contributed by atoms with E-state index in [1.54, 1.807) is 0 Å². The van der Waals surface area contributed by atoms with Crippen LogP contribution < -0.4 is 4.90 Å². The normalized spacial score (nSPS) is 11.6. The fourth-order valence-corrected chi connectivity index (χ4v) is 10.3. The zero-order valence-electron chi connectivity index (χ0n) is 36.1. The number of para-hydroxylation sites is 1. The van der Waals surface area contributed by atoms with Gasteiger partial charge in [-0.05, 0) is 137 Å². The van der Waals surface area contributed by atoms with Crippen LogP contribution in [0.4, 0.5) is 17.1 Å². The molecule has 12 aromatic carbocycles. The Morgan fingerprint density at radius 2 is 0.652 bits per heavy atom. The first-order valence-electron chi connectivity index (χ1n) is 22.7. The lowest BCUT2D eigenvalue weighted by molar-refractivity contribution is 1.18. The van der Waals surface area contributed by atoms with Gasteiger partial charge in [0.15, 0.2) is 0 Å². The van der Waals surface area contributed by atoms with Crippen molar-refractivity contribution >= 4 is 71.2 Å². The molecule has 0 unspecified atom stereocenters. The summed E-state index contributed by atoms with van der Waals surface area (Å²) >= 11 is 0. The molecule has 0 fully saturated rings. The van der Waals surface area contributed by atoms with Crippen LogP contribution in [0.5, 0.6) is 0 Å². The van der Waals surface area contributed by atoms with E-state index in [9.17, 15) is 0 Å². The van der Waals surface area contributed by atoms with Crippen molar-refractivity contribution in [3.05, 3.63) is 255 Å². The zero-order valence-corrected chi connectivity index (χ0v) is 36.1. The predicted octanol–water partition coefficient (Wildman–Crippen LogP) is 17.8. The molecular weight excluding hydrogens is 797 g/mol. The van der Waals surface area contributed by atoms with Crippen molar-refractivity contribution in [3.63, 3.8) is 0 Å². The lowest BCUT2D eigenvalue weighted by atomic mass is 9.92. The van der Waals surface area contributed by atoms with Gasteiger partial charge in [0.05, 0.1) is 11.0 Å². The molecule has 13 rings (SSSR count). The maximum atomic E-state index is 2.46. The quantitative estimate of drug-likeness (QED) is 0.138. The van der Waals surface area contributed by atoms with E-state index in [1.807, 2.05) is 0 Å². The summed E-state index contributed by atoms with van der Waals surface area (Å²) in [6.07, 6.45) is 0. The van der Waals surface area contributed by atoms with Gasteiger partial charge < -0.3 is 9.47 Å². The van der Waals surface area contributed by atoms with E-state index in [4.69, 9.17) is 0 Å². The van der Waals surface area contributed by atoms with Crippen LogP contribution in [0.15, 0.2) is 255 Å². The van der Waals surface area contributed by atoms with Crippen molar-refractivity contribution in [2.75, 3.05) is 4.90 Å². The first kappa shape index (κ1) is 37.8. The van der Waals surface area contributed by atoms with Gasteiger partial charge in [0.2, 0.25) is 0 Å². The molecule has 2 heteroatoms. The third kappa shape index (κ3) is 6.34. The lowest BCUT2D eigenvalue weighted by Crippen LogP contribution is -2.09. The molecule has 0 amide bonds. The zero-order chi connectivity index (χ0) is 43.6. The first-order chi connectivity index (χ1) is 32.7. The number of rotatable bonds is 8. The smallest absolute Gasteiger partial charge is 0.0553 e. The molecule has 0 radical (unpaired) electrons. The van der Waals surface area contributed by atoms with E-state index in [-0.39, 0.29) is 0 Å². The topological polar surface area (TPSA) is 8.17 Å². The van der Waals surface area contributed by atoms with Gasteiger partial charge in [0, 0.05) is 33.5 Å². The highest BCUT2D eigenvalue weighted by molar-refractivity contribution is 6.33. The number of aromatic nitrogens is 1. The third-order valence-corrected chi connectivity index (χ3v) is 13.5. The molecule has 0 spiro atoms. The summed E-state index contributed by atoms with van der Waals surface area (Å²) < 4.78 is 2.46. The predicted molar refractivity (Wildman–Crippen MR) is 281 cm³/mol. The molecule has 66 heavy (non-hydrogen) atoms. The highest BCUT2D eigenvalue weighted by Crippen LogP contribution is 2.44. The van der Waals surface area contributed by atoms with E-state index in [0.717, 1.165) is 22.7 Å². The molecule has 0 aliphatic carbocycles. The van der Waals surface area contributed by atoms with Crippen molar-refractivity contribution in [2.24, 2.45) is 0 Å². The molecule has 1 aromatic heterocycles. The highest BCUT2D eigenvalue weighted by Gasteiger charge is 2.20. The maximum absolute atomic E-state index is 2.46. The molecule has 0 aliphatic heterocycles. The third-order valence-electron chi connectivity index (χ3n) is 13.5. The van der Waals surface area contributed by atoms with Crippen molar-refractivity contribution in [1.29, 1.82) is 0 Å². The molecule has 1 heterocycles. The first-order valence-corrected chi connectivity index (χ1v) is 22.7. The Hall–Kier alpha value is -8.72. The van der Waals surface area contributed by atoms with Crippen molar-refractivity contribution in [2.45, 2.75) is 0 Å². The molecule has 0 atom stereocenters. The maximum Gasteiger partial charge on any atom is 0.0553 e. The van der Waals surface area contributed by atoms with Gasteiger partial charge in [0.1, 0.15) is 0 Å². The second-order valence-electron chi connectivity index (χ2n) is 17.3. The van der Waals surface area contributed by atoms with Crippen LogP contribution in [0.2, 0.25) is 0 Å². The average molecular weight is 839 g/mol. The van der Waals surface area contributed by atoms with Crippen LogP contribution in [0.3, 0.4) is 0 Å². The van der Waals surface area contributed by atoms with E-state index < -0.39 is 0 Å². The lowest BCUT2D eigenvalue weighted by Gasteiger charge is -2.26. The van der Waals surface area contributed by atoms with Gasteiger partial charge >= 0.3 is 0 Å². The fraction of sp³-hybridized carbons (Fsp3) is 0. The molecule has 2 nitrogen and oxygen atoms in total. The number of benzene rings is 12. The van der Waals surface area contributed by atoms with Gasteiger partial charge in [-0.15, -0.1) is 0 Å². The van der Waals surface area contributed by atoms with Crippen LogP contribution >= 0.6 is 0 Å². The number of hydrogen-bond donors (Lipinski definition) is 0.